The molecule has 0 aliphatic rings. The van der Waals surface area contributed by atoms with Crippen molar-refractivity contribution < 1.29 is 19.9 Å². The van der Waals surface area contributed by atoms with E-state index in [1.165, 1.54) is 57.9 Å². The number of unbranched alkanes of at least 4 members (excludes halogenated alkanes) is 7. The molecule has 0 saturated carbocycles. The van der Waals surface area contributed by atoms with Gasteiger partial charge in [0.2, 0.25) is 0 Å². The Kier molecular flexibility index (Phi) is 16.8. The molecular weight excluding hydrogens is 242 g/mol. The first-order valence-electron chi connectivity index (χ1n) is 7.59. The molecule has 0 aliphatic heterocycles. The third-order valence-electron chi connectivity index (χ3n) is 2.87. The van der Waals surface area contributed by atoms with E-state index in [9.17, 15) is 9.90 Å². The van der Waals surface area contributed by atoms with Crippen LogP contribution in [-0.4, -0.2) is 37.8 Å². The van der Waals surface area contributed by atoms with Crippen LogP contribution in [0.15, 0.2) is 0 Å². The summed E-state index contributed by atoms with van der Waals surface area (Å²) < 4.78 is 0. The topological polar surface area (TPSA) is 64.8 Å². The van der Waals surface area contributed by atoms with Crippen LogP contribution >= 0.6 is 0 Å². The smallest absolute Gasteiger partial charge is 0.0905 e. The van der Waals surface area contributed by atoms with Crippen LogP contribution in [0.3, 0.4) is 0 Å². The lowest BCUT2D eigenvalue weighted by Gasteiger charge is -2.06. The van der Waals surface area contributed by atoms with Gasteiger partial charge in [0.05, 0.1) is 32.7 Å². The average Bonchev–Trinajstić information content (AvgIpc) is 2.33. The summed E-state index contributed by atoms with van der Waals surface area (Å²) in [5.41, 5.74) is 0. The predicted molar refractivity (Wildman–Crippen MR) is 77.0 cm³/mol. The van der Waals surface area contributed by atoms with E-state index in [4.69, 9.17) is 5.11 Å². The molecule has 0 rings (SSSR count). The molecule has 0 radical (unpaired) electrons. The second kappa shape index (κ2) is 15.4. The third-order valence-corrected chi connectivity index (χ3v) is 2.87. The number of quaternary nitrogens is 1. The number of hydrogen-bond donors (Lipinski definition) is 2. The monoisotopic (exact) mass is 275 g/mol. The second-order valence-corrected chi connectivity index (χ2v) is 5.43. The molecule has 0 aromatic heterocycles. The Morgan fingerprint density at radius 2 is 1.42 bits per heavy atom. The van der Waals surface area contributed by atoms with Crippen molar-refractivity contribution in [2.24, 2.45) is 0 Å². The SMILES string of the molecule is CC(O)C(=O)[O-].CCCCCCCCCC[NH+](C)C. The Morgan fingerprint density at radius 3 is 1.74 bits per heavy atom. The molecule has 0 amide bonds. The largest absolute Gasteiger partial charge is 0.547 e. The van der Waals surface area contributed by atoms with Crippen LogP contribution in [0.25, 0.3) is 0 Å². The number of carbonyl (C=O) groups is 1. The molecule has 0 saturated heterocycles. The van der Waals surface area contributed by atoms with Gasteiger partial charge >= 0.3 is 0 Å². The van der Waals surface area contributed by atoms with Crippen molar-refractivity contribution in [2.45, 2.75) is 71.3 Å². The average molecular weight is 275 g/mol. The quantitative estimate of drug-likeness (QED) is 0.567. The predicted octanol–water partition coefficient (Wildman–Crippen LogP) is 0.389. The highest BCUT2D eigenvalue weighted by Crippen LogP contribution is 2.07. The maximum absolute atomic E-state index is 9.34. The normalized spacial score (nSPS) is 11.9. The van der Waals surface area contributed by atoms with Gasteiger partial charge in [0.1, 0.15) is 0 Å². The van der Waals surface area contributed by atoms with Gasteiger partial charge in [-0.3, -0.25) is 0 Å². The van der Waals surface area contributed by atoms with E-state index in [0.29, 0.717) is 0 Å². The van der Waals surface area contributed by atoms with Crippen molar-refractivity contribution in [1.29, 1.82) is 0 Å². The first-order valence-corrected chi connectivity index (χ1v) is 7.59. The van der Waals surface area contributed by atoms with Crippen molar-refractivity contribution in [3.8, 4) is 0 Å². The standard InChI is InChI=1S/C12H27N.C3H6O3/c1-4-5-6-7-8-9-10-11-12-13(2)3;1-2(4)3(5)6/h4-12H2,1-3H3;2,4H,1H3,(H,5,6). The number of carbonyl (C=O) groups excluding carboxylic acids is 1. The lowest BCUT2D eigenvalue weighted by molar-refractivity contribution is -0.858. The minimum absolute atomic E-state index is 1.13. The molecule has 116 valence electrons. The van der Waals surface area contributed by atoms with Gasteiger partial charge in [0.15, 0.2) is 0 Å². The molecule has 4 nitrogen and oxygen atoms in total. The molecule has 2 N–H and O–H groups in total. The van der Waals surface area contributed by atoms with Crippen LogP contribution in [0, 0.1) is 0 Å². The first kappa shape index (κ1) is 20.7. The molecule has 0 aromatic carbocycles. The maximum Gasteiger partial charge on any atom is 0.0905 e. The lowest BCUT2D eigenvalue weighted by Crippen LogP contribution is -3.05. The summed E-state index contributed by atoms with van der Waals surface area (Å²) in [4.78, 5) is 10.9. The van der Waals surface area contributed by atoms with Gasteiger partial charge in [-0.25, -0.2) is 0 Å². The molecule has 0 fully saturated rings. The number of aliphatic hydroxyl groups excluding tert-OH is 1. The van der Waals surface area contributed by atoms with Crippen LogP contribution in [-0.2, 0) is 4.79 Å². The highest BCUT2D eigenvalue weighted by Gasteiger charge is 1.94. The van der Waals surface area contributed by atoms with Gasteiger partial charge in [-0.1, -0.05) is 45.4 Å². The van der Waals surface area contributed by atoms with E-state index in [1.807, 2.05) is 0 Å². The molecule has 4 heteroatoms. The molecule has 0 heterocycles. The summed E-state index contributed by atoms with van der Waals surface area (Å²) in [7, 11) is 4.47. The number of carboxylic acids is 1. The summed E-state index contributed by atoms with van der Waals surface area (Å²) in [6.45, 7) is 4.75. The Hall–Kier alpha value is -0.610. The van der Waals surface area contributed by atoms with E-state index in [-0.39, 0.29) is 0 Å². The van der Waals surface area contributed by atoms with E-state index >= 15 is 0 Å². The van der Waals surface area contributed by atoms with Crippen molar-refractivity contribution in [1.82, 2.24) is 0 Å². The minimum Gasteiger partial charge on any atom is -0.547 e. The second-order valence-electron chi connectivity index (χ2n) is 5.43. The molecule has 0 aliphatic carbocycles. The van der Waals surface area contributed by atoms with Crippen LogP contribution in [0.1, 0.15) is 65.2 Å². The zero-order valence-electron chi connectivity index (χ0n) is 13.2. The van der Waals surface area contributed by atoms with Gasteiger partial charge in [0, 0.05) is 0 Å². The summed E-state index contributed by atoms with van der Waals surface area (Å²) >= 11 is 0. The number of rotatable bonds is 10. The number of carboxylic acid groups (broad SMARTS) is 1. The summed E-state index contributed by atoms with van der Waals surface area (Å²) in [6.07, 6.45) is 10.1. The third kappa shape index (κ3) is 23.0. The van der Waals surface area contributed by atoms with Gasteiger partial charge in [0.25, 0.3) is 0 Å². The Labute approximate surface area is 118 Å². The molecule has 0 aromatic rings. The van der Waals surface area contributed by atoms with Gasteiger partial charge in [-0.2, -0.15) is 0 Å². The fourth-order valence-electron chi connectivity index (χ4n) is 1.61. The number of aliphatic hydroxyl groups is 1. The van der Waals surface area contributed by atoms with E-state index in [0.717, 1.165) is 6.92 Å². The molecule has 1 atom stereocenters. The van der Waals surface area contributed by atoms with Gasteiger partial charge < -0.3 is 19.9 Å². The molecule has 19 heavy (non-hydrogen) atoms. The van der Waals surface area contributed by atoms with Crippen LogP contribution in [0.5, 0.6) is 0 Å². The van der Waals surface area contributed by atoms with Crippen molar-refractivity contribution in [3.63, 3.8) is 0 Å². The summed E-state index contributed by atoms with van der Waals surface area (Å²) in [6, 6.07) is 0. The van der Waals surface area contributed by atoms with Crippen molar-refractivity contribution >= 4 is 5.97 Å². The molecular formula is C15H33NO3. The Bertz CT molecular complexity index is 194. The van der Waals surface area contributed by atoms with E-state index < -0.39 is 12.1 Å². The fraction of sp³-hybridized carbons (Fsp3) is 0.933. The highest BCUT2D eigenvalue weighted by atomic mass is 16.4. The molecule has 0 bridgehead atoms. The number of aliphatic carboxylic acids is 1. The number of hydrogen-bond acceptors (Lipinski definition) is 3. The Balaban J connectivity index is 0. The minimum atomic E-state index is -1.44. The molecule has 0 spiro atoms. The highest BCUT2D eigenvalue weighted by molar-refractivity contribution is 5.68. The zero-order chi connectivity index (χ0) is 15.1. The first-order chi connectivity index (χ1) is 8.91. The lowest BCUT2D eigenvalue weighted by atomic mass is 10.1. The summed E-state index contributed by atoms with van der Waals surface area (Å²) in [5, 5.41) is 17.3. The summed E-state index contributed by atoms with van der Waals surface area (Å²) in [5.74, 6) is -1.44. The molecule has 1 unspecified atom stereocenters. The number of nitrogens with one attached hydrogen (secondary N) is 1. The zero-order valence-corrected chi connectivity index (χ0v) is 13.2. The van der Waals surface area contributed by atoms with Crippen molar-refractivity contribution in [3.05, 3.63) is 0 Å². The van der Waals surface area contributed by atoms with E-state index in [1.54, 1.807) is 4.90 Å². The van der Waals surface area contributed by atoms with Crippen LogP contribution < -0.4 is 10.0 Å². The van der Waals surface area contributed by atoms with Crippen LogP contribution in [0.2, 0.25) is 0 Å². The maximum atomic E-state index is 9.34. The van der Waals surface area contributed by atoms with Crippen molar-refractivity contribution in [2.75, 3.05) is 20.6 Å². The van der Waals surface area contributed by atoms with E-state index in [2.05, 4.69) is 21.0 Å². The van der Waals surface area contributed by atoms with Crippen LogP contribution in [0.4, 0.5) is 0 Å². The Morgan fingerprint density at radius 1 is 1.05 bits per heavy atom. The van der Waals surface area contributed by atoms with Gasteiger partial charge in [-0.05, 0) is 19.8 Å². The fourth-order valence-corrected chi connectivity index (χ4v) is 1.61. The van der Waals surface area contributed by atoms with Gasteiger partial charge in [-0.15, -0.1) is 0 Å².